The highest BCUT2D eigenvalue weighted by Crippen LogP contribution is 2.40. The van der Waals surface area contributed by atoms with Crippen molar-refractivity contribution in [2.75, 3.05) is 6.54 Å². The second kappa shape index (κ2) is 4.35. The van der Waals surface area contributed by atoms with Crippen LogP contribution >= 0.6 is 0 Å². The van der Waals surface area contributed by atoms with Gasteiger partial charge >= 0.3 is 0 Å². The van der Waals surface area contributed by atoms with Gasteiger partial charge in [-0.05, 0) is 12.1 Å². The quantitative estimate of drug-likeness (QED) is 0.365. The van der Waals surface area contributed by atoms with E-state index in [2.05, 4.69) is 0 Å². The third-order valence-corrected chi connectivity index (χ3v) is 2.09. The van der Waals surface area contributed by atoms with Crippen molar-refractivity contribution in [3.63, 3.8) is 0 Å². The summed E-state index contributed by atoms with van der Waals surface area (Å²) in [5.74, 6) is -1.92. The summed E-state index contributed by atoms with van der Waals surface area (Å²) in [6, 6.07) is 2.28. The first-order valence-corrected chi connectivity index (χ1v) is 4.29. The first-order valence-electron chi connectivity index (χ1n) is 4.29. The molecule has 0 saturated carbocycles. The van der Waals surface area contributed by atoms with Crippen molar-refractivity contribution < 1.29 is 25.5 Å². The van der Waals surface area contributed by atoms with E-state index in [-0.39, 0.29) is 12.1 Å². The van der Waals surface area contributed by atoms with Crippen LogP contribution in [0.4, 0.5) is 0 Å². The average Bonchev–Trinajstić information content (AvgIpc) is 2.24. The van der Waals surface area contributed by atoms with Crippen LogP contribution in [-0.2, 0) is 0 Å². The zero-order chi connectivity index (χ0) is 11.6. The summed E-state index contributed by atoms with van der Waals surface area (Å²) in [5, 5.41) is 46.3. The molecule has 0 aliphatic carbocycles. The van der Waals surface area contributed by atoms with Crippen LogP contribution in [0.25, 0.3) is 0 Å². The first kappa shape index (κ1) is 11.6. The Kier molecular flexibility index (Phi) is 3.35. The van der Waals surface area contributed by atoms with Crippen LogP contribution in [0.3, 0.4) is 0 Å². The molecule has 0 aromatic heterocycles. The number of rotatable bonds is 3. The lowest BCUT2D eigenvalue weighted by molar-refractivity contribution is 0.0227. The summed E-state index contributed by atoms with van der Waals surface area (Å²) < 4.78 is 0. The molecule has 2 atom stereocenters. The van der Waals surface area contributed by atoms with Gasteiger partial charge in [0.2, 0.25) is 5.75 Å². The minimum Gasteiger partial charge on any atom is -0.504 e. The number of hydrogen-bond donors (Lipinski definition) is 6. The van der Waals surface area contributed by atoms with Crippen LogP contribution < -0.4 is 5.73 Å². The molecule has 7 N–H and O–H groups in total. The smallest absolute Gasteiger partial charge is 0.200 e. The van der Waals surface area contributed by atoms with Gasteiger partial charge in [0.15, 0.2) is 11.5 Å². The summed E-state index contributed by atoms with van der Waals surface area (Å²) in [4.78, 5) is 0. The number of benzene rings is 1. The lowest BCUT2D eigenvalue weighted by atomic mass is 10.0. The molecule has 0 bridgehead atoms. The highest BCUT2D eigenvalue weighted by molar-refractivity contribution is 5.53. The number of aromatic hydroxyl groups is 3. The molecule has 0 radical (unpaired) electrons. The molecule has 0 amide bonds. The van der Waals surface area contributed by atoms with E-state index in [1.807, 2.05) is 0 Å². The Morgan fingerprint density at radius 1 is 1.07 bits per heavy atom. The van der Waals surface area contributed by atoms with E-state index < -0.39 is 29.5 Å². The monoisotopic (exact) mass is 215 g/mol. The molecule has 1 rings (SSSR count). The summed E-state index contributed by atoms with van der Waals surface area (Å²) in [7, 11) is 0. The van der Waals surface area contributed by atoms with Gasteiger partial charge in [-0.1, -0.05) is 0 Å². The molecule has 2 unspecified atom stereocenters. The van der Waals surface area contributed by atoms with Crippen molar-refractivity contribution in [2.24, 2.45) is 5.73 Å². The highest BCUT2D eigenvalue weighted by Gasteiger charge is 2.22. The van der Waals surface area contributed by atoms with Crippen molar-refractivity contribution in [3.05, 3.63) is 17.7 Å². The van der Waals surface area contributed by atoms with Crippen LogP contribution in [-0.4, -0.2) is 38.2 Å². The number of hydrogen-bond acceptors (Lipinski definition) is 6. The fourth-order valence-corrected chi connectivity index (χ4v) is 1.16. The highest BCUT2D eigenvalue weighted by atomic mass is 16.3. The van der Waals surface area contributed by atoms with Gasteiger partial charge in [-0.3, -0.25) is 0 Å². The second-order valence-corrected chi connectivity index (χ2v) is 3.12. The van der Waals surface area contributed by atoms with Crippen LogP contribution in [0.15, 0.2) is 12.1 Å². The Hall–Kier alpha value is -1.50. The van der Waals surface area contributed by atoms with Gasteiger partial charge in [0, 0.05) is 12.1 Å². The Bertz CT molecular complexity index is 355. The summed E-state index contributed by atoms with van der Waals surface area (Å²) in [5.41, 5.74) is 5.03. The maximum Gasteiger partial charge on any atom is 0.200 e. The zero-order valence-electron chi connectivity index (χ0n) is 7.83. The van der Waals surface area contributed by atoms with Gasteiger partial charge < -0.3 is 31.3 Å². The number of aliphatic hydroxyl groups excluding tert-OH is 2. The van der Waals surface area contributed by atoms with Crippen molar-refractivity contribution in [1.82, 2.24) is 0 Å². The molecule has 0 aliphatic rings. The largest absolute Gasteiger partial charge is 0.504 e. The molecule has 1 aromatic rings. The minimum atomic E-state index is -1.42. The van der Waals surface area contributed by atoms with E-state index in [1.165, 1.54) is 6.07 Å². The van der Waals surface area contributed by atoms with Crippen molar-refractivity contribution in [2.45, 2.75) is 12.2 Å². The topological polar surface area (TPSA) is 127 Å². The van der Waals surface area contributed by atoms with Crippen molar-refractivity contribution in [1.29, 1.82) is 0 Å². The van der Waals surface area contributed by atoms with E-state index in [0.29, 0.717) is 0 Å². The fraction of sp³-hybridized carbons (Fsp3) is 0.333. The van der Waals surface area contributed by atoms with E-state index in [9.17, 15) is 15.3 Å². The Balaban J connectivity index is 3.10. The summed E-state index contributed by atoms with van der Waals surface area (Å²) in [6.07, 6.45) is -2.67. The third kappa shape index (κ3) is 2.12. The number of phenolic OH excluding ortho intramolecular Hbond substituents is 3. The van der Waals surface area contributed by atoms with Gasteiger partial charge in [0.25, 0.3) is 0 Å². The van der Waals surface area contributed by atoms with E-state index in [1.54, 1.807) is 0 Å². The Morgan fingerprint density at radius 3 is 2.20 bits per heavy atom. The Labute approximate surface area is 85.8 Å². The molecule has 0 fully saturated rings. The predicted molar refractivity (Wildman–Crippen MR) is 51.5 cm³/mol. The lowest BCUT2D eigenvalue weighted by Crippen LogP contribution is -2.27. The molecule has 6 heteroatoms. The van der Waals surface area contributed by atoms with Gasteiger partial charge in [-0.15, -0.1) is 0 Å². The first-order chi connectivity index (χ1) is 6.99. The van der Waals surface area contributed by atoms with Gasteiger partial charge in [-0.2, -0.15) is 0 Å². The van der Waals surface area contributed by atoms with E-state index >= 15 is 0 Å². The fourth-order valence-electron chi connectivity index (χ4n) is 1.16. The minimum absolute atomic E-state index is 0.0942. The SMILES string of the molecule is NCC(O)C(O)c1ccc(O)c(O)c1O. The number of aliphatic hydroxyl groups is 2. The number of phenols is 3. The molecular formula is C9H13NO5. The summed E-state index contributed by atoms with van der Waals surface area (Å²) in [6.45, 7) is -0.192. The predicted octanol–water partition coefficient (Wildman–Crippen LogP) is -0.844. The van der Waals surface area contributed by atoms with E-state index in [0.717, 1.165) is 6.07 Å². The molecule has 6 nitrogen and oxygen atoms in total. The van der Waals surface area contributed by atoms with Crippen LogP contribution in [0.5, 0.6) is 17.2 Å². The normalized spacial score (nSPS) is 14.9. The van der Waals surface area contributed by atoms with Gasteiger partial charge in [0.1, 0.15) is 6.10 Å². The Morgan fingerprint density at radius 2 is 1.67 bits per heavy atom. The van der Waals surface area contributed by atoms with E-state index in [4.69, 9.17) is 15.9 Å². The van der Waals surface area contributed by atoms with Gasteiger partial charge in [0.05, 0.1) is 6.10 Å². The van der Waals surface area contributed by atoms with Crippen molar-refractivity contribution in [3.8, 4) is 17.2 Å². The number of nitrogens with two attached hydrogens (primary N) is 1. The average molecular weight is 215 g/mol. The van der Waals surface area contributed by atoms with Crippen LogP contribution in [0, 0.1) is 0 Å². The van der Waals surface area contributed by atoms with Crippen LogP contribution in [0.2, 0.25) is 0 Å². The standard InChI is InChI=1S/C9H13NO5/c10-3-6(12)7(13)4-1-2-5(11)9(15)8(4)14/h1-2,6-7,11-15H,3,10H2. The lowest BCUT2D eigenvalue weighted by Gasteiger charge is -2.18. The molecule has 1 aromatic carbocycles. The summed E-state index contributed by atoms with van der Waals surface area (Å²) >= 11 is 0. The third-order valence-electron chi connectivity index (χ3n) is 2.09. The van der Waals surface area contributed by atoms with Crippen LogP contribution in [0.1, 0.15) is 11.7 Å². The zero-order valence-corrected chi connectivity index (χ0v) is 7.83. The van der Waals surface area contributed by atoms with Gasteiger partial charge in [-0.25, -0.2) is 0 Å². The molecule has 0 spiro atoms. The molecule has 0 aliphatic heterocycles. The molecule has 15 heavy (non-hydrogen) atoms. The maximum absolute atomic E-state index is 9.50. The van der Waals surface area contributed by atoms with Crippen molar-refractivity contribution >= 4 is 0 Å². The molecular weight excluding hydrogens is 202 g/mol. The molecule has 0 saturated heterocycles. The maximum atomic E-state index is 9.50. The molecule has 0 heterocycles. The second-order valence-electron chi connectivity index (χ2n) is 3.12. The molecule has 84 valence electrons.